The van der Waals surface area contributed by atoms with Crippen LogP contribution in [0.1, 0.15) is 41.0 Å². The van der Waals surface area contributed by atoms with Gasteiger partial charge in [0.15, 0.2) is 11.7 Å². The highest BCUT2D eigenvalue weighted by Crippen LogP contribution is 2.37. The van der Waals surface area contributed by atoms with Crippen molar-refractivity contribution in [2.75, 3.05) is 63.2 Å². The Morgan fingerprint density at radius 1 is 1.20 bits per heavy atom. The highest BCUT2D eigenvalue weighted by atomic mass is 16.5. The zero-order valence-electron chi connectivity index (χ0n) is 23.2. The van der Waals surface area contributed by atoms with Gasteiger partial charge in [-0.15, -0.1) is 0 Å². The van der Waals surface area contributed by atoms with Crippen LogP contribution in [-0.2, 0) is 20.8 Å². The van der Waals surface area contributed by atoms with E-state index in [0.29, 0.717) is 22.8 Å². The summed E-state index contributed by atoms with van der Waals surface area (Å²) in [4.78, 5) is 32.4. The van der Waals surface area contributed by atoms with Gasteiger partial charge in [0.1, 0.15) is 24.7 Å². The molecule has 0 aliphatic carbocycles. The highest BCUT2D eigenvalue weighted by molar-refractivity contribution is 5.93. The average Bonchev–Trinajstić information content (AvgIpc) is 3.34. The maximum atomic E-state index is 12.2. The second-order valence-corrected chi connectivity index (χ2v) is 10.5. The molecule has 2 saturated heterocycles. The van der Waals surface area contributed by atoms with E-state index in [1.54, 1.807) is 0 Å². The highest BCUT2D eigenvalue weighted by Gasteiger charge is 2.35. The van der Waals surface area contributed by atoms with Crippen LogP contribution in [0.4, 0.5) is 11.4 Å². The van der Waals surface area contributed by atoms with Crippen LogP contribution in [0.3, 0.4) is 0 Å². The van der Waals surface area contributed by atoms with Crippen LogP contribution in [-0.4, -0.2) is 96.9 Å². The van der Waals surface area contributed by atoms with Crippen LogP contribution >= 0.6 is 0 Å². The van der Waals surface area contributed by atoms with Gasteiger partial charge in [0.25, 0.3) is 0 Å². The molecule has 41 heavy (non-hydrogen) atoms. The second-order valence-electron chi connectivity index (χ2n) is 10.5. The first-order valence-corrected chi connectivity index (χ1v) is 14.1. The third-order valence-electron chi connectivity index (χ3n) is 7.87. The lowest BCUT2D eigenvalue weighted by atomic mass is 10.1. The maximum Gasteiger partial charge on any atom is 0.337 e. The third-order valence-corrected chi connectivity index (χ3v) is 7.87. The molecular weight excluding hydrogens is 524 g/mol. The van der Waals surface area contributed by atoms with E-state index in [0.717, 1.165) is 82.3 Å². The van der Waals surface area contributed by atoms with Gasteiger partial charge < -0.3 is 29.3 Å². The van der Waals surface area contributed by atoms with Crippen molar-refractivity contribution in [3.8, 4) is 6.07 Å². The largest absolute Gasteiger partial charge is 0.472 e. The van der Waals surface area contributed by atoms with E-state index >= 15 is 0 Å². The van der Waals surface area contributed by atoms with E-state index < -0.39 is 0 Å². The molecular formula is C29H34N8O4. The Morgan fingerprint density at radius 2 is 2.00 bits per heavy atom. The van der Waals surface area contributed by atoms with Crippen LogP contribution in [0.25, 0.3) is 0 Å². The number of nitrogens with one attached hydrogen (secondary N) is 1. The molecule has 0 bridgehead atoms. The Balaban J connectivity index is 1.04. The summed E-state index contributed by atoms with van der Waals surface area (Å²) >= 11 is 0. The molecule has 2 fully saturated rings. The van der Waals surface area contributed by atoms with Crippen molar-refractivity contribution in [3.05, 3.63) is 59.4 Å². The van der Waals surface area contributed by atoms with Gasteiger partial charge in [0, 0.05) is 64.7 Å². The van der Waals surface area contributed by atoms with Crippen LogP contribution < -0.4 is 10.2 Å². The van der Waals surface area contributed by atoms with Gasteiger partial charge >= 0.3 is 5.97 Å². The van der Waals surface area contributed by atoms with E-state index in [4.69, 9.17) is 24.5 Å². The predicted octanol–water partition coefficient (Wildman–Crippen LogP) is 2.35. The van der Waals surface area contributed by atoms with Crippen molar-refractivity contribution >= 4 is 23.2 Å². The van der Waals surface area contributed by atoms with Crippen molar-refractivity contribution < 1.29 is 19.0 Å². The SMILES string of the molecule is COC(=O)c1ccc2c(c1)N(CC1CCO1)C(CN1CCN(C3=CCCC(OCc4ncc(C#N)cn4)=N3)CC1)N2. The van der Waals surface area contributed by atoms with Crippen molar-refractivity contribution in [2.24, 2.45) is 4.99 Å². The number of ether oxygens (including phenoxy) is 3. The van der Waals surface area contributed by atoms with Gasteiger partial charge in [-0.05, 0) is 37.1 Å². The van der Waals surface area contributed by atoms with Gasteiger partial charge in [-0.3, -0.25) is 4.90 Å². The number of methoxy groups -OCH3 is 1. The molecule has 1 aromatic heterocycles. The van der Waals surface area contributed by atoms with E-state index in [1.165, 1.54) is 19.5 Å². The quantitative estimate of drug-likeness (QED) is 0.480. The van der Waals surface area contributed by atoms with Crippen LogP contribution in [0, 0.1) is 11.3 Å². The Labute approximate surface area is 239 Å². The lowest BCUT2D eigenvalue weighted by Crippen LogP contribution is -2.53. The standard InChI is InChI=1S/C29H34N8O4/c1-39-29(38)21-5-6-23-24(13-21)37(17-22-7-12-40-22)27(33-23)18-35-8-10-36(11-9-35)26-3-2-4-28(34-26)41-19-25-31-15-20(14-30)16-32-25/h3,5-6,13,15-16,22,27,33H,2,4,7-12,17-19H2,1H3. The summed E-state index contributed by atoms with van der Waals surface area (Å²) in [6.45, 7) is 6.25. The average molecular weight is 559 g/mol. The molecule has 1 N–H and O–H groups in total. The Hall–Kier alpha value is -4.21. The van der Waals surface area contributed by atoms with Gasteiger partial charge in [-0.25, -0.2) is 19.8 Å². The van der Waals surface area contributed by atoms with Gasteiger partial charge in [-0.1, -0.05) is 0 Å². The summed E-state index contributed by atoms with van der Waals surface area (Å²) in [6, 6.07) is 7.72. The Morgan fingerprint density at radius 3 is 2.71 bits per heavy atom. The van der Waals surface area contributed by atoms with Crippen LogP contribution in [0.15, 0.2) is 47.5 Å². The lowest BCUT2D eigenvalue weighted by molar-refractivity contribution is -0.0452. The third kappa shape index (κ3) is 6.11. The van der Waals surface area contributed by atoms with Gasteiger partial charge in [0.2, 0.25) is 0 Å². The van der Waals surface area contributed by atoms with E-state index in [9.17, 15) is 4.79 Å². The molecule has 12 heteroatoms. The zero-order chi connectivity index (χ0) is 28.2. The molecule has 1 aromatic carbocycles. The summed E-state index contributed by atoms with van der Waals surface area (Å²) in [7, 11) is 1.41. The number of fused-ring (bicyclic) bond motifs is 1. The fourth-order valence-electron chi connectivity index (χ4n) is 5.48. The summed E-state index contributed by atoms with van der Waals surface area (Å²) in [6.07, 6.45) is 8.14. The second kappa shape index (κ2) is 12.1. The molecule has 4 aliphatic heterocycles. The van der Waals surface area contributed by atoms with Crippen molar-refractivity contribution in [1.82, 2.24) is 19.8 Å². The summed E-state index contributed by atoms with van der Waals surface area (Å²) < 4.78 is 16.6. The normalized spacial score (nSPS) is 22.0. The number of esters is 1. The number of carbonyl (C=O) groups excluding carboxylic acids is 1. The number of piperazine rings is 1. The molecule has 4 aliphatic rings. The van der Waals surface area contributed by atoms with E-state index in [1.807, 2.05) is 24.3 Å². The molecule has 214 valence electrons. The van der Waals surface area contributed by atoms with Gasteiger partial charge in [0.05, 0.1) is 35.7 Å². The monoisotopic (exact) mass is 558 g/mol. The molecule has 2 aromatic rings. The number of nitrogens with zero attached hydrogens (tertiary/aromatic N) is 7. The first kappa shape index (κ1) is 27.0. The van der Waals surface area contributed by atoms with E-state index in [-0.39, 0.29) is 24.8 Å². The molecule has 5 heterocycles. The first-order valence-electron chi connectivity index (χ1n) is 14.1. The van der Waals surface area contributed by atoms with Crippen LogP contribution in [0.5, 0.6) is 0 Å². The number of nitriles is 1. The lowest BCUT2D eigenvalue weighted by Gasteiger charge is -2.40. The smallest absolute Gasteiger partial charge is 0.337 e. The minimum atomic E-state index is -0.331. The number of aliphatic imine (C=N–C) groups is 1. The molecule has 0 saturated carbocycles. The summed E-state index contributed by atoms with van der Waals surface area (Å²) in [5.41, 5.74) is 3.03. The molecule has 6 rings (SSSR count). The number of rotatable bonds is 8. The fourth-order valence-corrected chi connectivity index (χ4v) is 5.48. The first-order chi connectivity index (χ1) is 20.1. The molecule has 0 amide bonds. The number of aromatic nitrogens is 2. The molecule has 12 nitrogen and oxygen atoms in total. The Bertz CT molecular complexity index is 1360. The van der Waals surface area contributed by atoms with Crippen molar-refractivity contribution in [1.29, 1.82) is 5.26 Å². The molecule has 0 spiro atoms. The number of allylic oxidation sites excluding steroid dienone is 1. The number of hydrogen-bond donors (Lipinski definition) is 1. The summed E-state index contributed by atoms with van der Waals surface area (Å²) in [5, 5.41) is 12.6. The number of anilines is 2. The molecule has 2 atom stereocenters. The zero-order valence-corrected chi connectivity index (χ0v) is 23.2. The topological polar surface area (TPSA) is 128 Å². The maximum absolute atomic E-state index is 12.2. The Kier molecular flexibility index (Phi) is 7.98. The minimum Gasteiger partial charge on any atom is -0.472 e. The minimum absolute atomic E-state index is 0.0880. The molecule has 0 radical (unpaired) electrons. The fraction of sp³-hybridized carbons (Fsp3) is 0.483. The number of benzene rings is 1. The predicted molar refractivity (Wildman–Crippen MR) is 151 cm³/mol. The van der Waals surface area contributed by atoms with Crippen LogP contribution in [0.2, 0.25) is 0 Å². The molecule has 2 unspecified atom stereocenters. The summed E-state index contributed by atoms with van der Waals surface area (Å²) in [5.74, 6) is 1.84. The van der Waals surface area contributed by atoms with E-state index in [2.05, 4.69) is 36.1 Å². The number of carbonyl (C=O) groups is 1. The van der Waals surface area contributed by atoms with Crippen molar-refractivity contribution in [3.63, 3.8) is 0 Å². The van der Waals surface area contributed by atoms with Crippen molar-refractivity contribution in [2.45, 2.75) is 38.1 Å². The van der Waals surface area contributed by atoms with Gasteiger partial charge in [-0.2, -0.15) is 5.26 Å². The number of hydrogen-bond acceptors (Lipinski definition) is 12.